The highest BCUT2D eigenvalue weighted by atomic mass is 32.2. The number of carbonyl (C=O) groups is 1. The van der Waals surface area contributed by atoms with Crippen LogP contribution in [0.2, 0.25) is 0 Å². The monoisotopic (exact) mass is 418 g/mol. The fourth-order valence-corrected chi connectivity index (χ4v) is 5.05. The Hall–Kier alpha value is -2.74. The predicted molar refractivity (Wildman–Crippen MR) is 112 cm³/mol. The lowest BCUT2D eigenvalue weighted by Gasteiger charge is -2.29. The molecular weight excluding hydrogens is 392 g/mol. The lowest BCUT2D eigenvalue weighted by atomic mass is 10.1. The molecule has 0 aromatic heterocycles. The highest BCUT2D eigenvalue weighted by Gasteiger charge is 2.27. The van der Waals surface area contributed by atoms with E-state index in [2.05, 4.69) is 5.32 Å². The maximum absolute atomic E-state index is 12.7. The SMILES string of the molecule is COc1ccc(CNC(=O)c2ccc(C)c(N3CCCCS3(=O)=O)c2)cc1OC. The average Bonchev–Trinajstić information content (AvgIpc) is 2.72. The summed E-state index contributed by atoms with van der Waals surface area (Å²) in [5, 5.41) is 2.87. The van der Waals surface area contributed by atoms with E-state index < -0.39 is 10.0 Å². The molecule has 29 heavy (non-hydrogen) atoms. The van der Waals surface area contributed by atoms with Crippen LogP contribution in [0.5, 0.6) is 11.5 Å². The van der Waals surface area contributed by atoms with Crippen LogP contribution in [-0.2, 0) is 16.6 Å². The smallest absolute Gasteiger partial charge is 0.251 e. The van der Waals surface area contributed by atoms with Crippen molar-refractivity contribution in [2.45, 2.75) is 26.3 Å². The first kappa shape index (κ1) is 21.0. The Bertz CT molecular complexity index is 1000. The van der Waals surface area contributed by atoms with Gasteiger partial charge in [-0.25, -0.2) is 8.42 Å². The standard InChI is InChI=1S/C21H26N2O5S/c1-15-6-8-17(13-18(15)23-10-4-5-11-29(23,25)26)21(24)22-14-16-7-9-19(27-2)20(12-16)28-3/h6-9,12-13H,4-5,10-11,14H2,1-3H3,(H,22,24). The molecule has 2 aromatic carbocycles. The molecule has 8 heteroatoms. The summed E-state index contributed by atoms with van der Waals surface area (Å²) in [7, 11) is -0.211. The third-order valence-electron chi connectivity index (χ3n) is 4.99. The molecule has 1 saturated heterocycles. The van der Waals surface area contributed by atoms with E-state index in [0.717, 1.165) is 17.5 Å². The summed E-state index contributed by atoms with van der Waals surface area (Å²) < 4.78 is 36.8. The molecule has 0 bridgehead atoms. The maximum atomic E-state index is 12.7. The van der Waals surface area contributed by atoms with Crippen molar-refractivity contribution < 1.29 is 22.7 Å². The summed E-state index contributed by atoms with van der Waals surface area (Å²) in [5.74, 6) is 1.08. The molecule has 0 atom stereocenters. The van der Waals surface area contributed by atoms with Crippen molar-refractivity contribution in [3.63, 3.8) is 0 Å². The Balaban J connectivity index is 1.76. The molecule has 7 nitrogen and oxygen atoms in total. The summed E-state index contributed by atoms with van der Waals surface area (Å²) in [6, 6.07) is 10.6. The van der Waals surface area contributed by atoms with Gasteiger partial charge in [-0.3, -0.25) is 9.10 Å². The van der Waals surface area contributed by atoms with Crippen LogP contribution >= 0.6 is 0 Å². The molecule has 156 valence electrons. The number of methoxy groups -OCH3 is 2. The van der Waals surface area contributed by atoms with Crippen LogP contribution in [0.3, 0.4) is 0 Å². The van der Waals surface area contributed by atoms with Crippen LogP contribution < -0.4 is 19.1 Å². The van der Waals surface area contributed by atoms with E-state index in [1.54, 1.807) is 44.6 Å². The number of amides is 1. The third kappa shape index (κ3) is 4.64. The van der Waals surface area contributed by atoms with E-state index in [4.69, 9.17) is 9.47 Å². The first-order valence-corrected chi connectivity index (χ1v) is 11.1. The number of aryl methyl sites for hydroxylation is 1. The van der Waals surface area contributed by atoms with Gasteiger partial charge < -0.3 is 14.8 Å². The molecule has 1 aliphatic heterocycles. The summed E-state index contributed by atoms with van der Waals surface area (Å²) in [6.45, 7) is 2.61. The lowest BCUT2D eigenvalue weighted by molar-refractivity contribution is 0.0951. The van der Waals surface area contributed by atoms with Gasteiger partial charge in [0, 0.05) is 18.7 Å². The number of anilines is 1. The van der Waals surface area contributed by atoms with E-state index in [1.165, 1.54) is 4.31 Å². The zero-order chi connectivity index (χ0) is 21.0. The molecule has 0 unspecified atom stereocenters. The Morgan fingerprint density at radius 1 is 1.07 bits per heavy atom. The Morgan fingerprint density at radius 2 is 1.83 bits per heavy atom. The molecule has 0 aliphatic carbocycles. The number of hydrogen-bond acceptors (Lipinski definition) is 5. The second-order valence-electron chi connectivity index (χ2n) is 6.97. The summed E-state index contributed by atoms with van der Waals surface area (Å²) >= 11 is 0. The minimum absolute atomic E-state index is 0.141. The number of ether oxygens (including phenoxy) is 2. The normalized spacial score (nSPS) is 15.6. The number of sulfonamides is 1. The molecule has 1 amide bonds. The van der Waals surface area contributed by atoms with Gasteiger partial charge in [-0.2, -0.15) is 0 Å². The topological polar surface area (TPSA) is 84.9 Å². The van der Waals surface area contributed by atoms with E-state index >= 15 is 0 Å². The Labute approximate surface area is 171 Å². The minimum atomic E-state index is -3.34. The molecule has 0 spiro atoms. The zero-order valence-electron chi connectivity index (χ0n) is 16.9. The molecule has 3 rings (SSSR count). The predicted octanol–water partition coefficient (Wildman–Crippen LogP) is 2.87. The summed E-state index contributed by atoms with van der Waals surface area (Å²) in [4.78, 5) is 12.7. The summed E-state index contributed by atoms with van der Waals surface area (Å²) in [5.41, 5.74) is 2.68. The average molecular weight is 419 g/mol. The van der Waals surface area contributed by atoms with Crippen molar-refractivity contribution in [1.82, 2.24) is 5.32 Å². The van der Waals surface area contributed by atoms with E-state index in [0.29, 0.717) is 42.3 Å². The zero-order valence-corrected chi connectivity index (χ0v) is 17.7. The van der Waals surface area contributed by atoms with Gasteiger partial charge in [-0.15, -0.1) is 0 Å². The fourth-order valence-electron chi connectivity index (χ4n) is 3.35. The molecule has 2 aromatic rings. The highest BCUT2D eigenvalue weighted by Crippen LogP contribution is 2.29. The Kier molecular flexibility index (Phi) is 6.32. The molecule has 1 N–H and O–H groups in total. The van der Waals surface area contributed by atoms with Gasteiger partial charge in [-0.1, -0.05) is 12.1 Å². The van der Waals surface area contributed by atoms with Crippen molar-refractivity contribution in [2.75, 3.05) is 30.8 Å². The highest BCUT2D eigenvalue weighted by molar-refractivity contribution is 7.92. The number of nitrogens with one attached hydrogen (secondary N) is 1. The number of rotatable bonds is 6. The first-order valence-electron chi connectivity index (χ1n) is 9.46. The number of carbonyl (C=O) groups excluding carboxylic acids is 1. The lowest BCUT2D eigenvalue weighted by Crippen LogP contribution is -2.38. The quantitative estimate of drug-likeness (QED) is 0.780. The van der Waals surface area contributed by atoms with Gasteiger partial charge in [0.25, 0.3) is 5.91 Å². The largest absolute Gasteiger partial charge is 0.493 e. The van der Waals surface area contributed by atoms with Crippen LogP contribution in [0.25, 0.3) is 0 Å². The fraction of sp³-hybridized carbons (Fsp3) is 0.381. The van der Waals surface area contributed by atoms with Crippen LogP contribution in [-0.4, -0.2) is 40.8 Å². The minimum Gasteiger partial charge on any atom is -0.493 e. The molecular formula is C21H26N2O5S. The van der Waals surface area contributed by atoms with Crippen molar-refractivity contribution in [1.29, 1.82) is 0 Å². The summed E-state index contributed by atoms with van der Waals surface area (Å²) in [6.07, 6.45) is 1.48. The van der Waals surface area contributed by atoms with Crippen LogP contribution in [0.1, 0.15) is 34.3 Å². The van der Waals surface area contributed by atoms with Crippen LogP contribution in [0.15, 0.2) is 36.4 Å². The second kappa shape index (κ2) is 8.73. The third-order valence-corrected chi connectivity index (χ3v) is 6.85. The van der Waals surface area contributed by atoms with E-state index in [1.807, 2.05) is 13.0 Å². The second-order valence-corrected chi connectivity index (χ2v) is 8.98. The van der Waals surface area contributed by atoms with Crippen molar-refractivity contribution in [2.24, 2.45) is 0 Å². The van der Waals surface area contributed by atoms with Gasteiger partial charge in [0.1, 0.15) is 0 Å². The van der Waals surface area contributed by atoms with Gasteiger partial charge in [-0.05, 0) is 55.2 Å². The van der Waals surface area contributed by atoms with E-state index in [-0.39, 0.29) is 11.7 Å². The van der Waals surface area contributed by atoms with Gasteiger partial charge in [0.15, 0.2) is 11.5 Å². The molecule has 0 saturated carbocycles. The number of nitrogens with zero attached hydrogens (tertiary/aromatic N) is 1. The van der Waals surface area contributed by atoms with E-state index in [9.17, 15) is 13.2 Å². The van der Waals surface area contributed by atoms with Gasteiger partial charge in [0.2, 0.25) is 10.0 Å². The molecule has 0 radical (unpaired) electrons. The maximum Gasteiger partial charge on any atom is 0.251 e. The number of benzene rings is 2. The Morgan fingerprint density at radius 3 is 2.52 bits per heavy atom. The molecule has 1 heterocycles. The molecule has 1 aliphatic rings. The number of hydrogen-bond donors (Lipinski definition) is 1. The van der Waals surface area contributed by atoms with Crippen LogP contribution in [0.4, 0.5) is 5.69 Å². The van der Waals surface area contributed by atoms with Crippen molar-refractivity contribution in [3.05, 3.63) is 53.1 Å². The van der Waals surface area contributed by atoms with Gasteiger partial charge in [0.05, 0.1) is 25.7 Å². The van der Waals surface area contributed by atoms with Crippen molar-refractivity contribution in [3.8, 4) is 11.5 Å². The van der Waals surface area contributed by atoms with Gasteiger partial charge >= 0.3 is 0 Å². The first-order chi connectivity index (χ1) is 13.9. The van der Waals surface area contributed by atoms with Crippen molar-refractivity contribution >= 4 is 21.6 Å². The van der Waals surface area contributed by atoms with Crippen LogP contribution in [0, 0.1) is 6.92 Å². The molecule has 1 fully saturated rings.